The van der Waals surface area contributed by atoms with Gasteiger partial charge in [-0.3, -0.25) is 4.72 Å². The first-order valence-electron chi connectivity index (χ1n) is 6.63. The molecule has 21 heavy (non-hydrogen) atoms. The number of benzene rings is 2. The Balaban J connectivity index is 1.88. The maximum Gasteiger partial charge on any atom is 0.322 e. The molecule has 1 unspecified atom stereocenters. The maximum atomic E-state index is 10.7. The molecule has 2 aromatic rings. The van der Waals surface area contributed by atoms with Crippen molar-refractivity contribution in [1.82, 2.24) is 4.72 Å². The zero-order valence-electron chi connectivity index (χ0n) is 11.8. The molecule has 0 bridgehead atoms. The van der Waals surface area contributed by atoms with Crippen molar-refractivity contribution in [2.24, 2.45) is 5.73 Å². The second kappa shape index (κ2) is 7.59. The van der Waals surface area contributed by atoms with Crippen molar-refractivity contribution in [2.75, 3.05) is 0 Å². The highest BCUT2D eigenvalue weighted by atomic mass is 32.2. The van der Waals surface area contributed by atoms with Crippen LogP contribution < -0.4 is 15.2 Å². The maximum absolute atomic E-state index is 10.7. The van der Waals surface area contributed by atoms with Crippen molar-refractivity contribution >= 4 is 18.0 Å². The van der Waals surface area contributed by atoms with Gasteiger partial charge in [0.1, 0.15) is 12.4 Å². The number of urea groups is 1. The van der Waals surface area contributed by atoms with Gasteiger partial charge in [0.2, 0.25) is 0 Å². The smallest absolute Gasteiger partial charge is 0.322 e. The van der Waals surface area contributed by atoms with E-state index >= 15 is 0 Å². The molecule has 0 aliphatic carbocycles. The van der Waals surface area contributed by atoms with Crippen LogP contribution in [0.1, 0.15) is 23.3 Å². The molecule has 110 valence electrons. The number of ether oxygens (including phenoxy) is 1. The van der Waals surface area contributed by atoms with Crippen LogP contribution in [0.25, 0.3) is 0 Å². The molecule has 0 fully saturated rings. The highest BCUT2D eigenvalue weighted by Gasteiger charge is 2.07. The third kappa shape index (κ3) is 5.04. The summed E-state index contributed by atoms with van der Waals surface area (Å²) in [6.45, 7) is 2.55. The van der Waals surface area contributed by atoms with Crippen LogP contribution in [0.2, 0.25) is 0 Å². The lowest BCUT2D eigenvalue weighted by Gasteiger charge is -2.12. The Kier molecular flexibility index (Phi) is 5.51. The van der Waals surface area contributed by atoms with Crippen molar-refractivity contribution in [1.29, 1.82) is 0 Å². The first-order chi connectivity index (χ1) is 10.1. The van der Waals surface area contributed by atoms with Crippen LogP contribution in [0.3, 0.4) is 0 Å². The summed E-state index contributed by atoms with van der Waals surface area (Å²) in [7, 11) is 0. The van der Waals surface area contributed by atoms with Crippen LogP contribution in [0.5, 0.6) is 5.75 Å². The topological polar surface area (TPSA) is 64.3 Å². The molecule has 2 rings (SSSR count). The van der Waals surface area contributed by atoms with Gasteiger partial charge in [-0.15, -0.1) is 0 Å². The van der Waals surface area contributed by atoms with Gasteiger partial charge in [0.15, 0.2) is 0 Å². The summed E-state index contributed by atoms with van der Waals surface area (Å²) in [6.07, 6.45) is 0. The summed E-state index contributed by atoms with van der Waals surface area (Å²) in [4.78, 5) is 10.7. The fourth-order valence-electron chi connectivity index (χ4n) is 1.79. The Morgan fingerprint density at radius 3 is 2.48 bits per heavy atom. The van der Waals surface area contributed by atoms with E-state index in [1.54, 1.807) is 0 Å². The molecule has 2 amide bonds. The van der Waals surface area contributed by atoms with E-state index < -0.39 is 6.03 Å². The van der Waals surface area contributed by atoms with Crippen LogP contribution >= 0.6 is 11.9 Å². The van der Waals surface area contributed by atoms with Gasteiger partial charge in [-0.05, 0) is 42.1 Å². The number of rotatable bonds is 6. The van der Waals surface area contributed by atoms with Gasteiger partial charge >= 0.3 is 6.03 Å². The van der Waals surface area contributed by atoms with Crippen LogP contribution in [-0.2, 0) is 6.61 Å². The van der Waals surface area contributed by atoms with Gasteiger partial charge in [0.05, 0.1) is 0 Å². The van der Waals surface area contributed by atoms with Crippen LogP contribution in [0.4, 0.5) is 4.79 Å². The van der Waals surface area contributed by atoms with Gasteiger partial charge in [-0.2, -0.15) is 0 Å². The Morgan fingerprint density at radius 2 is 1.86 bits per heavy atom. The number of nitrogens with two attached hydrogens (primary N) is 1. The molecule has 0 aromatic heterocycles. The zero-order chi connectivity index (χ0) is 15.1. The van der Waals surface area contributed by atoms with E-state index in [4.69, 9.17) is 10.5 Å². The van der Waals surface area contributed by atoms with Gasteiger partial charge < -0.3 is 10.5 Å². The van der Waals surface area contributed by atoms with Crippen LogP contribution in [0.15, 0.2) is 54.6 Å². The number of primary amides is 1. The predicted molar refractivity (Wildman–Crippen MR) is 85.9 cm³/mol. The minimum Gasteiger partial charge on any atom is -0.489 e. The third-order valence-electron chi connectivity index (χ3n) is 2.93. The van der Waals surface area contributed by atoms with E-state index in [2.05, 4.69) is 4.72 Å². The van der Waals surface area contributed by atoms with Crippen molar-refractivity contribution in [3.63, 3.8) is 0 Å². The normalized spacial score (nSPS) is 11.7. The van der Waals surface area contributed by atoms with Crippen LogP contribution in [-0.4, -0.2) is 6.03 Å². The molecule has 0 radical (unpaired) electrons. The lowest BCUT2D eigenvalue weighted by Crippen LogP contribution is -2.23. The summed E-state index contributed by atoms with van der Waals surface area (Å²) in [5.41, 5.74) is 7.28. The molecular formula is C16H18N2O2S. The van der Waals surface area contributed by atoms with Crippen molar-refractivity contribution in [3.05, 3.63) is 65.7 Å². The van der Waals surface area contributed by atoms with Gasteiger partial charge in [-0.1, -0.05) is 42.5 Å². The molecule has 2 aromatic carbocycles. The number of amides is 2. The molecule has 1 atom stereocenters. The Labute approximate surface area is 128 Å². The highest BCUT2D eigenvalue weighted by molar-refractivity contribution is 7.98. The molecule has 3 N–H and O–H groups in total. The summed E-state index contributed by atoms with van der Waals surface area (Å²) in [6, 6.07) is 17.3. The van der Waals surface area contributed by atoms with E-state index in [-0.39, 0.29) is 5.25 Å². The third-order valence-corrected chi connectivity index (χ3v) is 3.88. The molecule has 0 aliphatic rings. The summed E-state index contributed by atoms with van der Waals surface area (Å²) in [5.74, 6) is 0.822. The fourth-order valence-corrected chi connectivity index (χ4v) is 2.38. The molecule has 0 saturated heterocycles. The quantitative estimate of drug-likeness (QED) is 0.801. The minimum absolute atomic E-state index is 0.126. The molecule has 0 spiro atoms. The van der Waals surface area contributed by atoms with Gasteiger partial charge in [0.25, 0.3) is 0 Å². The number of carbonyl (C=O) groups is 1. The Morgan fingerprint density at radius 1 is 1.19 bits per heavy atom. The lowest BCUT2D eigenvalue weighted by molar-refractivity contribution is 0.254. The van der Waals surface area contributed by atoms with E-state index in [9.17, 15) is 4.79 Å². The standard InChI is InChI=1S/C16H18N2O2S/c1-12(21-18-16(17)19)14-7-9-15(10-8-14)20-11-13-5-3-2-4-6-13/h2-10,12H,11H2,1H3,(H3,17,18,19). The van der Waals surface area contributed by atoms with E-state index in [0.717, 1.165) is 16.9 Å². The molecule has 0 aliphatic heterocycles. The fraction of sp³-hybridized carbons (Fsp3) is 0.188. The molecular weight excluding hydrogens is 284 g/mol. The SMILES string of the molecule is CC(SNC(N)=O)c1ccc(OCc2ccccc2)cc1. The number of hydrogen-bond acceptors (Lipinski definition) is 3. The van der Waals surface area contributed by atoms with E-state index in [1.807, 2.05) is 61.5 Å². The highest BCUT2D eigenvalue weighted by Crippen LogP contribution is 2.27. The number of nitrogens with one attached hydrogen (secondary N) is 1. The molecule has 0 heterocycles. The lowest BCUT2D eigenvalue weighted by atomic mass is 10.1. The van der Waals surface area contributed by atoms with Crippen LogP contribution in [0, 0.1) is 0 Å². The second-order valence-electron chi connectivity index (χ2n) is 4.57. The molecule has 0 saturated carbocycles. The summed E-state index contributed by atoms with van der Waals surface area (Å²) >= 11 is 1.29. The first kappa shape index (κ1) is 15.3. The second-order valence-corrected chi connectivity index (χ2v) is 5.72. The van der Waals surface area contributed by atoms with Crippen molar-refractivity contribution in [3.8, 4) is 5.75 Å². The summed E-state index contributed by atoms with van der Waals surface area (Å²) < 4.78 is 8.26. The average molecular weight is 302 g/mol. The average Bonchev–Trinajstić information content (AvgIpc) is 2.52. The monoisotopic (exact) mass is 302 g/mol. The van der Waals surface area contributed by atoms with Gasteiger partial charge in [0, 0.05) is 5.25 Å². The zero-order valence-corrected chi connectivity index (χ0v) is 12.6. The van der Waals surface area contributed by atoms with Crippen molar-refractivity contribution < 1.29 is 9.53 Å². The predicted octanol–water partition coefficient (Wildman–Crippen LogP) is 3.64. The van der Waals surface area contributed by atoms with E-state index in [0.29, 0.717) is 6.61 Å². The van der Waals surface area contributed by atoms with Gasteiger partial charge in [-0.25, -0.2) is 4.79 Å². The van der Waals surface area contributed by atoms with E-state index in [1.165, 1.54) is 11.9 Å². The molecule has 4 nitrogen and oxygen atoms in total. The van der Waals surface area contributed by atoms with Crippen molar-refractivity contribution in [2.45, 2.75) is 18.8 Å². The first-order valence-corrected chi connectivity index (χ1v) is 7.51. The Hall–Kier alpha value is -2.14. The summed E-state index contributed by atoms with van der Waals surface area (Å²) in [5, 5.41) is 0.126. The largest absolute Gasteiger partial charge is 0.489 e. The number of hydrogen-bond donors (Lipinski definition) is 2. The molecule has 5 heteroatoms. The minimum atomic E-state index is -0.533. The Bertz CT molecular complexity index is 573. The number of carbonyl (C=O) groups excluding carboxylic acids is 1.